The Morgan fingerprint density at radius 2 is 2.15 bits per heavy atom. The van der Waals surface area contributed by atoms with Gasteiger partial charge in [0, 0.05) is 12.5 Å². The first kappa shape index (κ1) is 14.5. The lowest BCUT2D eigenvalue weighted by Crippen LogP contribution is -2.56. The molecule has 0 aromatic rings. The minimum Gasteiger partial charge on any atom is -0.353 e. The van der Waals surface area contributed by atoms with Crippen molar-refractivity contribution in [3.63, 3.8) is 0 Å². The fourth-order valence-electron chi connectivity index (χ4n) is 4.73. The van der Waals surface area contributed by atoms with Gasteiger partial charge in [-0.05, 0) is 61.7 Å². The summed E-state index contributed by atoms with van der Waals surface area (Å²) in [6, 6.07) is 0. The highest BCUT2D eigenvalue weighted by Gasteiger charge is 2.57. The number of rotatable bonds is 5. The fraction of sp³-hybridized carbons (Fsp3) is 0.941. The maximum absolute atomic E-state index is 11.3. The minimum absolute atomic E-state index is 0.00386. The zero-order valence-corrected chi connectivity index (χ0v) is 12.8. The SMILES string of the molecule is CC1(C)C2CC(C=O)C(CCOC3CCCCO3)C1C2. The Morgan fingerprint density at radius 3 is 2.80 bits per heavy atom. The van der Waals surface area contributed by atoms with Gasteiger partial charge in [-0.1, -0.05) is 13.8 Å². The van der Waals surface area contributed by atoms with E-state index in [-0.39, 0.29) is 12.2 Å². The van der Waals surface area contributed by atoms with E-state index in [2.05, 4.69) is 13.8 Å². The minimum atomic E-state index is 0.00386. The van der Waals surface area contributed by atoms with Gasteiger partial charge >= 0.3 is 0 Å². The van der Waals surface area contributed by atoms with E-state index < -0.39 is 0 Å². The van der Waals surface area contributed by atoms with Gasteiger partial charge in [0.25, 0.3) is 0 Å². The second kappa shape index (κ2) is 5.76. The molecule has 0 amide bonds. The molecule has 1 aliphatic heterocycles. The molecule has 3 nitrogen and oxygen atoms in total. The molecule has 0 radical (unpaired) electrons. The highest BCUT2D eigenvalue weighted by Crippen LogP contribution is 2.63. The fourth-order valence-corrected chi connectivity index (χ4v) is 4.73. The molecule has 1 saturated heterocycles. The maximum atomic E-state index is 11.3. The Balaban J connectivity index is 1.50. The van der Waals surface area contributed by atoms with E-state index in [1.165, 1.54) is 19.1 Å². The van der Waals surface area contributed by atoms with Crippen molar-refractivity contribution in [2.75, 3.05) is 13.2 Å². The topological polar surface area (TPSA) is 35.5 Å². The van der Waals surface area contributed by atoms with Crippen LogP contribution >= 0.6 is 0 Å². The Kier molecular flexibility index (Phi) is 4.19. The first-order valence-electron chi connectivity index (χ1n) is 8.31. The van der Waals surface area contributed by atoms with Gasteiger partial charge in [0.05, 0.1) is 6.61 Å². The lowest BCUT2D eigenvalue weighted by Gasteiger charge is -2.62. The highest BCUT2D eigenvalue weighted by molar-refractivity contribution is 5.55. The molecule has 3 aliphatic carbocycles. The summed E-state index contributed by atoms with van der Waals surface area (Å²) >= 11 is 0. The molecule has 5 atom stereocenters. The standard InChI is InChI=1S/C17H28O3/c1-17(2)13-9-12(11-18)14(15(17)10-13)6-8-20-16-5-3-4-7-19-16/h11-16H,3-10H2,1-2H3. The summed E-state index contributed by atoms with van der Waals surface area (Å²) < 4.78 is 11.5. The predicted molar refractivity (Wildman–Crippen MR) is 77.2 cm³/mol. The average molecular weight is 280 g/mol. The number of carbonyl (C=O) groups excluding carboxylic acids is 1. The van der Waals surface area contributed by atoms with Crippen LogP contribution in [-0.4, -0.2) is 25.8 Å². The predicted octanol–water partition coefficient (Wildman–Crippen LogP) is 3.42. The van der Waals surface area contributed by atoms with Gasteiger partial charge in [-0.3, -0.25) is 0 Å². The Labute approximate surface area is 122 Å². The van der Waals surface area contributed by atoms with Crippen LogP contribution in [0.2, 0.25) is 0 Å². The second-order valence-electron chi connectivity index (χ2n) is 7.52. The third kappa shape index (κ3) is 2.55. The third-order valence-electron chi connectivity index (χ3n) is 6.24. The van der Waals surface area contributed by atoms with Crippen LogP contribution in [0, 0.1) is 29.1 Å². The summed E-state index contributed by atoms with van der Waals surface area (Å²) in [6.45, 7) is 6.34. The lowest BCUT2D eigenvalue weighted by atomic mass is 9.43. The zero-order valence-electron chi connectivity index (χ0n) is 12.8. The van der Waals surface area contributed by atoms with Gasteiger partial charge < -0.3 is 14.3 Å². The Hall–Kier alpha value is -0.410. The van der Waals surface area contributed by atoms with Gasteiger partial charge in [-0.25, -0.2) is 0 Å². The van der Waals surface area contributed by atoms with E-state index in [1.54, 1.807) is 0 Å². The maximum Gasteiger partial charge on any atom is 0.157 e. The second-order valence-corrected chi connectivity index (χ2v) is 7.52. The molecular weight excluding hydrogens is 252 g/mol. The van der Waals surface area contributed by atoms with Crippen molar-refractivity contribution in [1.29, 1.82) is 0 Å². The van der Waals surface area contributed by atoms with Crippen molar-refractivity contribution in [2.45, 2.75) is 58.7 Å². The van der Waals surface area contributed by atoms with Crippen LogP contribution in [-0.2, 0) is 14.3 Å². The van der Waals surface area contributed by atoms with Crippen molar-refractivity contribution >= 4 is 6.29 Å². The molecule has 4 aliphatic rings. The van der Waals surface area contributed by atoms with Gasteiger partial charge in [0.15, 0.2) is 6.29 Å². The monoisotopic (exact) mass is 280 g/mol. The highest BCUT2D eigenvalue weighted by atomic mass is 16.7. The molecule has 20 heavy (non-hydrogen) atoms. The van der Waals surface area contributed by atoms with Crippen LogP contribution < -0.4 is 0 Å². The molecule has 1 heterocycles. The molecule has 4 rings (SSSR count). The van der Waals surface area contributed by atoms with Gasteiger partial charge in [-0.2, -0.15) is 0 Å². The van der Waals surface area contributed by atoms with Crippen molar-refractivity contribution < 1.29 is 14.3 Å². The summed E-state index contributed by atoms with van der Waals surface area (Å²) in [5.74, 6) is 2.27. The van der Waals surface area contributed by atoms with Crippen LogP contribution in [0.5, 0.6) is 0 Å². The van der Waals surface area contributed by atoms with E-state index in [9.17, 15) is 4.79 Å². The summed E-state index contributed by atoms with van der Waals surface area (Å²) in [4.78, 5) is 11.3. The molecule has 3 heteroatoms. The molecule has 3 saturated carbocycles. The first-order valence-corrected chi connectivity index (χ1v) is 8.31. The van der Waals surface area contributed by atoms with Gasteiger partial charge in [-0.15, -0.1) is 0 Å². The van der Waals surface area contributed by atoms with Crippen molar-refractivity contribution in [3.8, 4) is 0 Å². The number of ether oxygens (including phenoxy) is 2. The number of fused-ring (bicyclic) bond motifs is 2. The Morgan fingerprint density at radius 1 is 1.30 bits per heavy atom. The lowest BCUT2D eigenvalue weighted by molar-refractivity contribution is -0.177. The molecule has 0 aromatic heterocycles. The van der Waals surface area contributed by atoms with Crippen LogP contribution in [0.25, 0.3) is 0 Å². The summed E-state index contributed by atoms with van der Waals surface area (Å²) in [5, 5.41) is 0. The number of hydrogen-bond acceptors (Lipinski definition) is 3. The normalized spacial score (nSPS) is 42.8. The van der Waals surface area contributed by atoms with Crippen molar-refractivity contribution in [2.24, 2.45) is 29.1 Å². The quantitative estimate of drug-likeness (QED) is 0.724. The molecule has 0 spiro atoms. The molecule has 2 bridgehead atoms. The van der Waals surface area contributed by atoms with E-state index in [0.717, 1.165) is 44.8 Å². The van der Waals surface area contributed by atoms with Crippen molar-refractivity contribution in [1.82, 2.24) is 0 Å². The largest absolute Gasteiger partial charge is 0.353 e. The number of carbonyl (C=O) groups is 1. The zero-order chi connectivity index (χ0) is 14.2. The number of hydrogen-bond donors (Lipinski definition) is 0. The summed E-state index contributed by atoms with van der Waals surface area (Å²) in [7, 11) is 0. The molecule has 4 fully saturated rings. The van der Waals surface area contributed by atoms with Crippen LogP contribution in [0.1, 0.15) is 52.4 Å². The van der Waals surface area contributed by atoms with Gasteiger partial charge in [0.1, 0.15) is 6.29 Å². The third-order valence-corrected chi connectivity index (χ3v) is 6.24. The molecule has 114 valence electrons. The average Bonchev–Trinajstić information content (AvgIpc) is 2.48. The van der Waals surface area contributed by atoms with E-state index in [0.29, 0.717) is 17.3 Å². The summed E-state index contributed by atoms with van der Waals surface area (Å²) in [6.07, 6.45) is 8.04. The molecule has 5 unspecified atom stereocenters. The smallest absolute Gasteiger partial charge is 0.157 e. The van der Waals surface area contributed by atoms with Gasteiger partial charge in [0.2, 0.25) is 0 Å². The van der Waals surface area contributed by atoms with E-state index >= 15 is 0 Å². The van der Waals surface area contributed by atoms with E-state index in [4.69, 9.17) is 9.47 Å². The van der Waals surface area contributed by atoms with Crippen molar-refractivity contribution in [3.05, 3.63) is 0 Å². The molecular formula is C17H28O3. The molecule has 0 aromatic carbocycles. The first-order chi connectivity index (χ1) is 9.63. The Bertz CT molecular complexity index is 346. The number of aldehydes is 1. The van der Waals surface area contributed by atoms with Crippen LogP contribution in [0.4, 0.5) is 0 Å². The van der Waals surface area contributed by atoms with Crippen LogP contribution in [0.3, 0.4) is 0 Å². The summed E-state index contributed by atoms with van der Waals surface area (Å²) in [5.41, 5.74) is 0.436. The van der Waals surface area contributed by atoms with E-state index in [1.807, 2.05) is 0 Å². The van der Waals surface area contributed by atoms with Crippen LogP contribution in [0.15, 0.2) is 0 Å². The molecule has 0 N–H and O–H groups in total.